The molecule has 0 saturated heterocycles. The lowest BCUT2D eigenvalue weighted by molar-refractivity contribution is -0.142. The molecule has 0 spiro atoms. The summed E-state index contributed by atoms with van der Waals surface area (Å²) in [5, 5.41) is 2.52. The fraction of sp³-hybridized carbons (Fsp3) is 0.318. The van der Waals surface area contributed by atoms with Crippen molar-refractivity contribution in [3.8, 4) is 18.1 Å². The molecule has 0 radical (unpaired) electrons. The van der Waals surface area contributed by atoms with E-state index in [2.05, 4.69) is 36.7 Å². The number of esters is 1. The average Bonchev–Trinajstić information content (AvgIpc) is 3.26. The van der Waals surface area contributed by atoms with Crippen LogP contribution >= 0.6 is 23.7 Å². The minimum absolute atomic E-state index is 0.201. The summed E-state index contributed by atoms with van der Waals surface area (Å²) in [5.41, 5.74) is -2.44. The van der Waals surface area contributed by atoms with Gasteiger partial charge in [0.2, 0.25) is 0 Å². The molecule has 2 heterocycles. The first kappa shape index (κ1) is 26.7. The highest BCUT2D eigenvalue weighted by molar-refractivity contribution is 9.10. The monoisotopic (exact) mass is 567 g/mol. The number of rotatable bonds is 9. The number of benzene rings is 1. The van der Waals surface area contributed by atoms with Crippen LogP contribution in [-0.4, -0.2) is 40.9 Å². The van der Waals surface area contributed by atoms with Gasteiger partial charge >= 0.3 is 19.4 Å². The van der Waals surface area contributed by atoms with Gasteiger partial charge < -0.3 is 14.0 Å². The second-order valence-electron chi connectivity index (χ2n) is 7.57. The molecule has 1 aromatic heterocycles. The summed E-state index contributed by atoms with van der Waals surface area (Å²) < 4.78 is 37.2. The lowest BCUT2D eigenvalue weighted by atomic mass is 10.1. The van der Waals surface area contributed by atoms with Crippen LogP contribution in [0.4, 0.5) is 0 Å². The number of ether oxygens (including phenoxy) is 2. The first-order chi connectivity index (χ1) is 16.5. The number of nitrogens with zero attached hydrogens (tertiary/aromatic N) is 1. The lowest BCUT2D eigenvalue weighted by Crippen LogP contribution is -2.39. The molecule has 1 unspecified atom stereocenters. The maximum absolute atomic E-state index is 13.6. The Morgan fingerprint density at radius 1 is 1.40 bits per heavy atom. The van der Waals surface area contributed by atoms with Gasteiger partial charge in [0.15, 0.2) is 11.8 Å². The van der Waals surface area contributed by atoms with Crippen LogP contribution in [0.15, 0.2) is 56.7 Å². The molecular weight excluding hydrogens is 545 g/mol. The first-order valence-electron chi connectivity index (χ1n) is 10.2. The van der Waals surface area contributed by atoms with Crippen LogP contribution in [0.3, 0.4) is 0 Å². The van der Waals surface area contributed by atoms with E-state index in [4.69, 9.17) is 20.2 Å². The van der Waals surface area contributed by atoms with Crippen molar-refractivity contribution >= 4 is 29.6 Å². The predicted molar refractivity (Wildman–Crippen MR) is 130 cm³/mol. The maximum atomic E-state index is 13.6. The van der Waals surface area contributed by atoms with Crippen molar-refractivity contribution in [1.82, 2.24) is 14.6 Å². The van der Waals surface area contributed by atoms with Crippen molar-refractivity contribution in [3.05, 3.63) is 73.5 Å². The molecule has 3 rings (SSSR count). The Balaban J connectivity index is 1.82. The Morgan fingerprint density at radius 2 is 2.09 bits per heavy atom. The number of aromatic nitrogens is 2. The van der Waals surface area contributed by atoms with Gasteiger partial charge in [-0.15, -0.1) is 6.42 Å². The van der Waals surface area contributed by atoms with Crippen LogP contribution in [0.2, 0.25) is 0 Å². The number of carbonyl (C=O) groups excluding carboxylic acids is 1. The Hall–Kier alpha value is -2.94. The molecular formula is C22H23BrN3O8P. The van der Waals surface area contributed by atoms with E-state index in [1.165, 1.54) is 39.3 Å². The molecule has 1 aliphatic heterocycles. The Kier molecular flexibility index (Phi) is 8.20. The van der Waals surface area contributed by atoms with E-state index in [9.17, 15) is 18.9 Å². The van der Waals surface area contributed by atoms with Gasteiger partial charge in [0, 0.05) is 16.2 Å². The number of terminal acetylenes is 1. The number of aryl methyl sites for hydroxylation is 1. The van der Waals surface area contributed by atoms with Gasteiger partial charge in [-0.05, 0) is 50.3 Å². The summed E-state index contributed by atoms with van der Waals surface area (Å²) in [7, 11) is -3.01. The number of nitrogens with one attached hydrogen (secondary N) is 2. The fourth-order valence-corrected chi connectivity index (χ4v) is 4.82. The zero-order chi connectivity index (χ0) is 25.8. The number of carbonyl (C=O) groups is 1. The third-order valence-corrected chi connectivity index (χ3v) is 7.07. The largest absolute Gasteiger partial charge is 0.468 e. The normalized spacial score (nSPS) is 21.6. The Bertz CT molecular complexity index is 1330. The highest BCUT2D eigenvalue weighted by atomic mass is 79.9. The Labute approximate surface area is 209 Å². The summed E-state index contributed by atoms with van der Waals surface area (Å²) >= 11 is 3.30. The van der Waals surface area contributed by atoms with Gasteiger partial charge in [-0.1, -0.05) is 21.9 Å². The molecule has 13 heteroatoms. The fourth-order valence-electron chi connectivity index (χ4n) is 3.03. The van der Waals surface area contributed by atoms with Crippen molar-refractivity contribution in [2.75, 3.05) is 13.7 Å². The molecule has 0 saturated carbocycles. The molecule has 1 aliphatic rings. The van der Waals surface area contributed by atoms with Gasteiger partial charge in [-0.25, -0.2) is 9.36 Å². The molecule has 0 fully saturated rings. The number of H-pyrrole nitrogens is 1. The van der Waals surface area contributed by atoms with Gasteiger partial charge in [-0.2, -0.15) is 5.09 Å². The quantitative estimate of drug-likeness (QED) is 0.202. The van der Waals surface area contributed by atoms with Crippen LogP contribution in [0.1, 0.15) is 18.7 Å². The highest BCUT2D eigenvalue weighted by Crippen LogP contribution is 2.46. The van der Waals surface area contributed by atoms with Gasteiger partial charge in [-0.3, -0.25) is 23.7 Å². The van der Waals surface area contributed by atoms with Crippen LogP contribution in [0.5, 0.6) is 5.75 Å². The molecule has 2 aromatic rings. The highest BCUT2D eigenvalue weighted by Gasteiger charge is 2.40. The van der Waals surface area contributed by atoms with E-state index in [1.54, 1.807) is 24.3 Å². The molecule has 11 nitrogen and oxygen atoms in total. The standard InChI is InChI=1S/C22H23BrN3O8P/c1-5-22(11-10-18(33-22)26-12-14(2)19(27)24-21(26)29)13-32-35(30,25-15(3)20(28)31-4)34-17-8-6-16(23)7-9-17/h1,6-12,15,18H,13H2,2-4H3,(H,25,30)(H,24,27,29)/t15-,18+,22-,35?/m0/s1. The minimum Gasteiger partial charge on any atom is -0.468 e. The summed E-state index contributed by atoms with van der Waals surface area (Å²) in [6, 6.07) is 5.40. The van der Waals surface area contributed by atoms with Crippen LogP contribution in [0.25, 0.3) is 0 Å². The average molecular weight is 568 g/mol. The molecule has 35 heavy (non-hydrogen) atoms. The maximum Gasteiger partial charge on any atom is 0.459 e. The van der Waals surface area contributed by atoms with E-state index >= 15 is 0 Å². The summed E-state index contributed by atoms with van der Waals surface area (Å²) in [6.07, 6.45) is 9.05. The van der Waals surface area contributed by atoms with E-state index in [0.717, 1.165) is 9.04 Å². The second kappa shape index (κ2) is 10.8. The third-order valence-electron chi connectivity index (χ3n) is 4.92. The molecule has 1 aromatic carbocycles. The number of hydrogen-bond donors (Lipinski definition) is 2. The van der Waals surface area contributed by atoms with Crippen LogP contribution in [-0.2, 0) is 23.4 Å². The van der Waals surface area contributed by atoms with Gasteiger partial charge in [0.05, 0.1) is 7.11 Å². The number of hydrogen-bond acceptors (Lipinski definition) is 8. The number of halogens is 1. The van der Waals surface area contributed by atoms with Crippen molar-refractivity contribution in [2.24, 2.45) is 0 Å². The van der Waals surface area contributed by atoms with Gasteiger partial charge in [0.25, 0.3) is 5.56 Å². The number of aromatic amines is 1. The SMILES string of the molecule is C#C[C@@]1(COP(=O)(N[C@@H](C)C(=O)OC)Oc2ccc(Br)cc2)C=C[C@H](n2cc(C)c(=O)[nH]c2=O)O1. The molecule has 2 N–H and O–H groups in total. The predicted octanol–water partition coefficient (Wildman–Crippen LogP) is 2.42. The van der Waals surface area contributed by atoms with Crippen molar-refractivity contribution in [2.45, 2.75) is 31.7 Å². The lowest BCUT2D eigenvalue weighted by Gasteiger charge is -2.28. The van der Waals surface area contributed by atoms with Gasteiger partial charge in [0.1, 0.15) is 18.4 Å². The smallest absolute Gasteiger partial charge is 0.459 e. The van der Waals surface area contributed by atoms with E-state index in [0.29, 0.717) is 5.56 Å². The molecule has 0 aliphatic carbocycles. The van der Waals surface area contributed by atoms with Crippen molar-refractivity contribution < 1.29 is 27.9 Å². The van der Waals surface area contributed by atoms with E-state index in [1.807, 2.05) is 0 Å². The number of methoxy groups -OCH3 is 1. The van der Waals surface area contributed by atoms with E-state index in [-0.39, 0.29) is 5.75 Å². The van der Waals surface area contributed by atoms with Crippen molar-refractivity contribution in [3.63, 3.8) is 0 Å². The zero-order valence-corrected chi connectivity index (χ0v) is 21.5. The van der Waals surface area contributed by atoms with Crippen LogP contribution < -0.4 is 20.9 Å². The zero-order valence-electron chi connectivity index (χ0n) is 19.0. The topological polar surface area (TPSA) is 138 Å². The Morgan fingerprint density at radius 3 is 2.71 bits per heavy atom. The minimum atomic E-state index is -4.19. The summed E-state index contributed by atoms with van der Waals surface area (Å²) in [6.45, 7) is 2.51. The van der Waals surface area contributed by atoms with Crippen molar-refractivity contribution in [1.29, 1.82) is 0 Å². The molecule has 186 valence electrons. The first-order valence-corrected chi connectivity index (χ1v) is 12.6. The molecule has 0 amide bonds. The molecule has 0 bridgehead atoms. The second-order valence-corrected chi connectivity index (χ2v) is 10.2. The van der Waals surface area contributed by atoms with E-state index < -0.39 is 49.4 Å². The van der Waals surface area contributed by atoms with Crippen LogP contribution in [0, 0.1) is 19.3 Å². The molecule has 4 atom stereocenters. The summed E-state index contributed by atoms with van der Waals surface area (Å²) in [5.74, 6) is 1.94. The third kappa shape index (κ3) is 6.39. The summed E-state index contributed by atoms with van der Waals surface area (Å²) in [4.78, 5) is 38.0.